The van der Waals surface area contributed by atoms with Crippen LogP contribution in [0.15, 0.2) is 17.8 Å². The summed E-state index contributed by atoms with van der Waals surface area (Å²) in [5.74, 6) is 0. The Morgan fingerprint density at radius 1 is 1.69 bits per heavy atom. The van der Waals surface area contributed by atoms with Crippen molar-refractivity contribution < 1.29 is 9.53 Å². The lowest BCUT2D eigenvalue weighted by molar-refractivity contribution is -0.132. The fraction of sp³-hybridized carbons (Fsp3) is 0.300. The minimum atomic E-state index is -0.146. The van der Waals surface area contributed by atoms with E-state index in [2.05, 4.69) is 15.2 Å². The van der Waals surface area contributed by atoms with Crippen LogP contribution < -0.4 is 0 Å². The Kier molecular flexibility index (Phi) is 3.31. The summed E-state index contributed by atoms with van der Waals surface area (Å²) in [5.41, 5.74) is 3.58. The molecule has 0 saturated heterocycles. The highest BCUT2D eigenvalue weighted by Gasteiger charge is 2.09. The summed E-state index contributed by atoms with van der Waals surface area (Å²) < 4.78 is 4.81. The fourth-order valence-corrected chi connectivity index (χ4v) is 1.97. The van der Waals surface area contributed by atoms with Crippen LogP contribution in [0.1, 0.15) is 12.6 Å². The summed E-state index contributed by atoms with van der Waals surface area (Å²) in [7, 11) is 0. The van der Waals surface area contributed by atoms with E-state index < -0.39 is 0 Å². The van der Waals surface area contributed by atoms with Crippen molar-refractivity contribution >= 4 is 17.8 Å². The molecular formula is C10H11N3O2S. The van der Waals surface area contributed by atoms with E-state index in [1.165, 1.54) is 11.3 Å². The second kappa shape index (κ2) is 4.89. The molecule has 1 atom stereocenters. The van der Waals surface area contributed by atoms with Gasteiger partial charge in [0, 0.05) is 18.3 Å². The largest absolute Gasteiger partial charge is 0.464 e. The Bertz CT molecular complexity index is 452. The molecule has 0 aromatic carbocycles. The van der Waals surface area contributed by atoms with Gasteiger partial charge in [-0.3, -0.25) is 14.9 Å². The standard InChI is InChI=1S/C10H11N3O2S/c1-7(15-6-14)2-8-3-9(13-12-8)10-4-11-5-16-10/h3-7H,2H2,1H3,(H,12,13). The summed E-state index contributed by atoms with van der Waals surface area (Å²) in [4.78, 5) is 15.2. The number of hydrogen-bond donors (Lipinski definition) is 1. The second-order valence-electron chi connectivity index (χ2n) is 3.39. The predicted octanol–water partition coefficient (Wildman–Crippen LogP) is 1.64. The first-order valence-electron chi connectivity index (χ1n) is 4.82. The Hall–Kier alpha value is -1.69. The lowest BCUT2D eigenvalue weighted by atomic mass is 10.2. The summed E-state index contributed by atoms with van der Waals surface area (Å²) >= 11 is 1.54. The van der Waals surface area contributed by atoms with Gasteiger partial charge >= 0.3 is 0 Å². The van der Waals surface area contributed by atoms with Crippen LogP contribution in [0, 0.1) is 0 Å². The molecule has 2 aromatic rings. The van der Waals surface area contributed by atoms with E-state index in [4.69, 9.17) is 4.74 Å². The Labute approximate surface area is 96.5 Å². The summed E-state index contributed by atoms with van der Waals surface area (Å²) in [6, 6.07) is 1.94. The normalized spacial score (nSPS) is 12.3. The average Bonchev–Trinajstić information content (AvgIpc) is 2.86. The minimum absolute atomic E-state index is 0.146. The molecule has 1 unspecified atom stereocenters. The van der Waals surface area contributed by atoms with Gasteiger partial charge < -0.3 is 4.74 Å². The van der Waals surface area contributed by atoms with E-state index in [-0.39, 0.29) is 6.10 Å². The zero-order valence-electron chi connectivity index (χ0n) is 8.71. The average molecular weight is 237 g/mol. The van der Waals surface area contributed by atoms with Crippen LogP contribution in [0.2, 0.25) is 0 Å². The van der Waals surface area contributed by atoms with Crippen LogP contribution in [-0.4, -0.2) is 27.8 Å². The molecule has 1 N–H and O–H groups in total. The number of rotatable bonds is 5. The summed E-state index contributed by atoms with van der Waals surface area (Å²) in [6.07, 6.45) is 2.26. The lowest BCUT2D eigenvalue weighted by Gasteiger charge is -2.06. The number of nitrogens with one attached hydrogen (secondary N) is 1. The number of nitrogens with zero attached hydrogens (tertiary/aromatic N) is 2. The summed E-state index contributed by atoms with van der Waals surface area (Å²) in [6.45, 7) is 2.30. The number of carbonyl (C=O) groups is 1. The third kappa shape index (κ3) is 2.46. The van der Waals surface area contributed by atoms with Gasteiger partial charge in [0.25, 0.3) is 6.47 Å². The van der Waals surface area contributed by atoms with Crippen molar-refractivity contribution in [3.8, 4) is 10.6 Å². The number of ether oxygens (including phenoxy) is 1. The number of aromatic amines is 1. The molecule has 16 heavy (non-hydrogen) atoms. The van der Waals surface area contributed by atoms with E-state index in [9.17, 15) is 4.79 Å². The minimum Gasteiger partial charge on any atom is -0.464 e. The van der Waals surface area contributed by atoms with Crippen LogP contribution in [0.25, 0.3) is 10.6 Å². The first kappa shape index (κ1) is 10.8. The first-order chi connectivity index (χ1) is 7.79. The molecule has 0 bridgehead atoms. The number of carbonyl (C=O) groups excluding carboxylic acids is 1. The Balaban J connectivity index is 2.05. The van der Waals surface area contributed by atoms with Crippen LogP contribution >= 0.6 is 11.3 Å². The van der Waals surface area contributed by atoms with Crippen LogP contribution in [0.4, 0.5) is 0 Å². The molecule has 2 aromatic heterocycles. The zero-order chi connectivity index (χ0) is 11.4. The van der Waals surface area contributed by atoms with E-state index in [0.29, 0.717) is 12.9 Å². The molecule has 6 heteroatoms. The molecule has 2 rings (SSSR count). The smallest absolute Gasteiger partial charge is 0.293 e. The van der Waals surface area contributed by atoms with Crippen molar-refractivity contribution in [1.29, 1.82) is 0 Å². The zero-order valence-corrected chi connectivity index (χ0v) is 9.53. The van der Waals surface area contributed by atoms with Crippen molar-refractivity contribution in [3.05, 3.63) is 23.5 Å². The highest BCUT2D eigenvalue weighted by Crippen LogP contribution is 2.21. The molecule has 0 radical (unpaired) electrons. The van der Waals surface area contributed by atoms with Gasteiger partial charge in [-0.2, -0.15) is 5.10 Å². The third-order valence-electron chi connectivity index (χ3n) is 2.11. The van der Waals surface area contributed by atoms with Crippen molar-refractivity contribution in [1.82, 2.24) is 15.2 Å². The van der Waals surface area contributed by atoms with E-state index in [0.717, 1.165) is 16.3 Å². The molecule has 0 saturated carbocycles. The first-order valence-corrected chi connectivity index (χ1v) is 5.70. The van der Waals surface area contributed by atoms with Gasteiger partial charge in [-0.15, -0.1) is 11.3 Å². The van der Waals surface area contributed by atoms with E-state index in [1.807, 2.05) is 13.0 Å². The molecular weight excluding hydrogens is 226 g/mol. The van der Waals surface area contributed by atoms with Gasteiger partial charge in [0.05, 0.1) is 10.4 Å². The maximum Gasteiger partial charge on any atom is 0.293 e. The number of H-pyrrole nitrogens is 1. The van der Waals surface area contributed by atoms with Crippen molar-refractivity contribution in [2.45, 2.75) is 19.4 Å². The van der Waals surface area contributed by atoms with Crippen molar-refractivity contribution in [2.75, 3.05) is 0 Å². The fourth-order valence-electron chi connectivity index (χ4n) is 1.39. The molecule has 84 valence electrons. The monoisotopic (exact) mass is 237 g/mol. The SMILES string of the molecule is CC(Cc1cc(-c2cncs2)n[nH]1)OC=O. The predicted molar refractivity (Wildman–Crippen MR) is 60.0 cm³/mol. The quantitative estimate of drug-likeness (QED) is 0.803. The molecule has 0 aliphatic carbocycles. The third-order valence-corrected chi connectivity index (χ3v) is 2.91. The van der Waals surface area contributed by atoms with Crippen LogP contribution in [0.5, 0.6) is 0 Å². The molecule has 0 spiro atoms. The number of aromatic nitrogens is 3. The van der Waals surface area contributed by atoms with E-state index >= 15 is 0 Å². The molecule has 0 amide bonds. The van der Waals surface area contributed by atoms with Gasteiger partial charge in [-0.25, -0.2) is 0 Å². The molecule has 0 aliphatic rings. The molecule has 0 fully saturated rings. The highest BCUT2D eigenvalue weighted by molar-refractivity contribution is 7.13. The van der Waals surface area contributed by atoms with Gasteiger partial charge in [0.2, 0.25) is 0 Å². The van der Waals surface area contributed by atoms with Gasteiger partial charge in [-0.05, 0) is 13.0 Å². The van der Waals surface area contributed by atoms with Gasteiger partial charge in [0.1, 0.15) is 11.8 Å². The number of thiazole rings is 1. The topological polar surface area (TPSA) is 67.9 Å². The lowest BCUT2D eigenvalue weighted by Crippen LogP contribution is -2.10. The van der Waals surface area contributed by atoms with Crippen LogP contribution in [-0.2, 0) is 16.0 Å². The van der Waals surface area contributed by atoms with Crippen molar-refractivity contribution in [3.63, 3.8) is 0 Å². The van der Waals surface area contributed by atoms with Gasteiger partial charge in [0.15, 0.2) is 0 Å². The maximum atomic E-state index is 10.1. The second-order valence-corrected chi connectivity index (χ2v) is 4.28. The molecule has 0 aliphatic heterocycles. The van der Waals surface area contributed by atoms with Gasteiger partial charge in [-0.1, -0.05) is 0 Å². The number of hydrogen-bond acceptors (Lipinski definition) is 5. The summed E-state index contributed by atoms with van der Waals surface area (Å²) in [5, 5.41) is 7.09. The Morgan fingerprint density at radius 2 is 2.56 bits per heavy atom. The maximum absolute atomic E-state index is 10.1. The Morgan fingerprint density at radius 3 is 3.25 bits per heavy atom. The van der Waals surface area contributed by atoms with E-state index in [1.54, 1.807) is 11.7 Å². The van der Waals surface area contributed by atoms with Crippen LogP contribution in [0.3, 0.4) is 0 Å². The molecule has 2 heterocycles. The van der Waals surface area contributed by atoms with Crippen molar-refractivity contribution in [2.24, 2.45) is 0 Å². The highest BCUT2D eigenvalue weighted by atomic mass is 32.1. The molecule has 5 nitrogen and oxygen atoms in total.